The maximum Gasteiger partial charge on any atom is 0.307 e. The highest BCUT2D eigenvalue weighted by Crippen LogP contribution is 2.39. The lowest BCUT2D eigenvalue weighted by atomic mass is 10.0. The van der Waals surface area contributed by atoms with Gasteiger partial charge in [0.05, 0.1) is 32.8 Å². The topological polar surface area (TPSA) is 70.8 Å². The van der Waals surface area contributed by atoms with Gasteiger partial charge in [0.25, 0.3) is 0 Å². The normalized spacial score (nSPS) is 11.8. The maximum absolute atomic E-state index is 11.2. The van der Waals surface area contributed by atoms with E-state index < -0.39 is 12.0 Å². The Morgan fingerprint density at radius 1 is 1.33 bits per heavy atom. The van der Waals surface area contributed by atoms with Crippen molar-refractivity contribution in [1.29, 1.82) is 0 Å². The summed E-state index contributed by atoms with van der Waals surface area (Å²) in [7, 11) is 4.31. The minimum Gasteiger partial charge on any atom is -0.493 e. The van der Waals surface area contributed by atoms with Crippen molar-refractivity contribution >= 4 is 17.6 Å². The molecule has 0 radical (unpaired) electrons. The van der Waals surface area contributed by atoms with Crippen LogP contribution in [0.25, 0.3) is 0 Å². The zero-order valence-corrected chi connectivity index (χ0v) is 11.3. The molecule has 0 saturated carbocycles. The molecule has 0 aliphatic carbocycles. The van der Waals surface area contributed by atoms with Gasteiger partial charge in [0, 0.05) is 6.04 Å². The average molecular weight is 274 g/mol. The van der Waals surface area contributed by atoms with Crippen LogP contribution in [-0.4, -0.2) is 27.3 Å². The number of carbonyl (C=O) groups excluding carboxylic acids is 1. The summed E-state index contributed by atoms with van der Waals surface area (Å²) in [6.45, 7) is 0. The standard InChI is InChI=1S/C12H16ClNO4/c1-16-9-5-4-7(11(13)12(9)18-3)8(14)6-10(15)17-2/h4-5,8H,6,14H2,1-3H3/t8-/m0/s1. The fourth-order valence-corrected chi connectivity index (χ4v) is 1.94. The number of rotatable bonds is 5. The molecule has 6 heteroatoms. The molecule has 1 aromatic rings. The van der Waals surface area contributed by atoms with Crippen molar-refractivity contribution in [2.24, 2.45) is 5.73 Å². The van der Waals surface area contributed by atoms with E-state index in [1.807, 2.05) is 0 Å². The van der Waals surface area contributed by atoms with Crippen LogP contribution in [0.4, 0.5) is 0 Å². The van der Waals surface area contributed by atoms with E-state index in [0.29, 0.717) is 22.1 Å². The second kappa shape index (κ2) is 6.47. The van der Waals surface area contributed by atoms with Crippen LogP contribution < -0.4 is 15.2 Å². The van der Waals surface area contributed by atoms with Gasteiger partial charge in [-0.15, -0.1) is 0 Å². The van der Waals surface area contributed by atoms with E-state index in [1.54, 1.807) is 12.1 Å². The number of carbonyl (C=O) groups is 1. The minimum atomic E-state index is -0.551. The molecule has 0 amide bonds. The summed E-state index contributed by atoms with van der Waals surface area (Å²) in [6.07, 6.45) is 0.0473. The first-order valence-electron chi connectivity index (χ1n) is 5.27. The Morgan fingerprint density at radius 2 is 2.00 bits per heavy atom. The maximum atomic E-state index is 11.2. The van der Waals surface area contributed by atoms with Gasteiger partial charge in [-0.3, -0.25) is 4.79 Å². The molecular weight excluding hydrogens is 258 g/mol. The van der Waals surface area contributed by atoms with Crippen LogP contribution in [0.1, 0.15) is 18.0 Å². The molecule has 0 saturated heterocycles. The van der Waals surface area contributed by atoms with Crippen LogP contribution in [-0.2, 0) is 9.53 Å². The summed E-state index contributed by atoms with van der Waals surface area (Å²) >= 11 is 6.18. The zero-order chi connectivity index (χ0) is 13.7. The van der Waals surface area contributed by atoms with Crippen molar-refractivity contribution in [1.82, 2.24) is 0 Å². The third kappa shape index (κ3) is 3.05. The molecule has 0 spiro atoms. The fourth-order valence-electron chi connectivity index (χ4n) is 1.56. The molecule has 1 aromatic carbocycles. The van der Waals surface area contributed by atoms with E-state index in [-0.39, 0.29) is 6.42 Å². The average Bonchev–Trinajstić information content (AvgIpc) is 2.37. The van der Waals surface area contributed by atoms with Gasteiger partial charge in [0.2, 0.25) is 0 Å². The number of esters is 1. The molecule has 1 atom stereocenters. The molecule has 100 valence electrons. The Labute approximate surface area is 111 Å². The van der Waals surface area contributed by atoms with Crippen LogP contribution in [0.15, 0.2) is 12.1 Å². The predicted octanol–water partition coefficient (Wildman–Crippen LogP) is 1.92. The first-order chi connectivity index (χ1) is 8.54. The van der Waals surface area contributed by atoms with Gasteiger partial charge in [-0.05, 0) is 11.6 Å². The summed E-state index contributed by atoms with van der Waals surface area (Å²) in [5, 5.41) is 0.341. The molecular formula is C12H16ClNO4. The molecule has 0 aromatic heterocycles. The van der Waals surface area contributed by atoms with Gasteiger partial charge >= 0.3 is 5.97 Å². The Morgan fingerprint density at radius 3 is 2.50 bits per heavy atom. The first-order valence-corrected chi connectivity index (χ1v) is 5.65. The van der Waals surface area contributed by atoms with Gasteiger partial charge in [-0.25, -0.2) is 0 Å². The lowest BCUT2D eigenvalue weighted by Crippen LogP contribution is -2.17. The van der Waals surface area contributed by atoms with E-state index in [9.17, 15) is 4.79 Å². The smallest absolute Gasteiger partial charge is 0.307 e. The van der Waals surface area contributed by atoms with E-state index >= 15 is 0 Å². The van der Waals surface area contributed by atoms with Crippen LogP contribution in [0.2, 0.25) is 5.02 Å². The number of ether oxygens (including phenoxy) is 3. The molecule has 5 nitrogen and oxygen atoms in total. The van der Waals surface area contributed by atoms with Gasteiger partial charge in [0.1, 0.15) is 0 Å². The molecule has 0 bridgehead atoms. The number of halogens is 1. The second-order valence-electron chi connectivity index (χ2n) is 3.59. The molecule has 0 unspecified atom stereocenters. The highest BCUT2D eigenvalue weighted by atomic mass is 35.5. The van der Waals surface area contributed by atoms with Crippen LogP contribution >= 0.6 is 11.6 Å². The number of hydrogen-bond donors (Lipinski definition) is 1. The Hall–Kier alpha value is -1.46. The fraction of sp³-hybridized carbons (Fsp3) is 0.417. The van der Waals surface area contributed by atoms with Crippen molar-refractivity contribution in [3.05, 3.63) is 22.7 Å². The van der Waals surface area contributed by atoms with Crippen molar-refractivity contribution in [2.75, 3.05) is 21.3 Å². The van der Waals surface area contributed by atoms with E-state index in [0.717, 1.165) is 0 Å². The van der Waals surface area contributed by atoms with Crippen molar-refractivity contribution in [3.63, 3.8) is 0 Å². The van der Waals surface area contributed by atoms with Gasteiger partial charge in [0.15, 0.2) is 11.5 Å². The third-order valence-corrected chi connectivity index (χ3v) is 2.92. The zero-order valence-electron chi connectivity index (χ0n) is 10.5. The quantitative estimate of drug-likeness (QED) is 0.830. The lowest BCUT2D eigenvalue weighted by Gasteiger charge is -2.16. The SMILES string of the molecule is COC(=O)C[C@H](N)c1ccc(OC)c(OC)c1Cl. The molecule has 0 fully saturated rings. The number of benzene rings is 1. The van der Waals surface area contributed by atoms with Gasteiger partial charge in [-0.2, -0.15) is 0 Å². The van der Waals surface area contributed by atoms with E-state index in [4.69, 9.17) is 26.8 Å². The van der Waals surface area contributed by atoms with Crippen molar-refractivity contribution < 1.29 is 19.0 Å². The lowest BCUT2D eigenvalue weighted by molar-refractivity contribution is -0.141. The molecule has 2 N–H and O–H groups in total. The van der Waals surface area contributed by atoms with Gasteiger partial charge in [-0.1, -0.05) is 17.7 Å². The minimum absolute atomic E-state index is 0.0473. The summed E-state index contributed by atoms with van der Waals surface area (Å²) in [4.78, 5) is 11.2. The molecule has 0 aliphatic heterocycles. The van der Waals surface area contributed by atoms with Gasteiger partial charge < -0.3 is 19.9 Å². The summed E-state index contributed by atoms with van der Waals surface area (Å²) in [6, 6.07) is 2.85. The van der Waals surface area contributed by atoms with Crippen molar-refractivity contribution in [3.8, 4) is 11.5 Å². The number of nitrogens with two attached hydrogens (primary N) is 1. The van der Waals surface area contributed by atoms with E-state index in [1.165, 1.54) is 21.3 Å². The van der Waals surface area contributed by atoms with Crippen LogP contribution in [0, 0.1) is 0 Å². The largest absolute Gasteiger partial charge is 0.493 e. The Balaban J connectivity index is 3.06. The molecule has 18 heavy (non-hydrogen) atoms. The number of methoxy groups -OCH3 is 3. The molecule has 0 heterocycles. The van der Waals surface area contributed by atoms with E-state index in [2.05, 4.69) is 4.74 Å². The first kappa shape index (κ1) is 14.6. The molecule has 0 aliphatic rings. The highest BCUT2D eigenvalue weighted by Gasteiger charge is 2.19. The Kier molecular flexibility index (Phi) is 5.25. The summed E-state index contributed by atoms with van der Waals surface area (Å²) < 4.78 is 14.8. The van der Waals surface area contributed by atoms with Crippen LogP contribution in [0.5, 0.6) is 11.5 Å². The third-order valence-electron chi connectivity index (χ3n) is 2.53. The summed E-state index contributed by atoms with van der Waals surface area (Å²) in [5.74, 6) is 0.516. The number of hydrogen-bond acceptors (Lipinski definition) is 5. The second-order valence-corrected chi connectivity index (χ2v) is 3.97. The highest BCUT2D eigenvalue weighted by molar-refractivity contribution is 6.33. The summed E-state index contributed by atoms with van der Waals surface area (Å²) in [5.41, 5.74) is 6.52. The monoisotopic (exact) mass is 273 g/mol. The van der Waals surface area contributed by atoms with Crippen molar-refractivity contribution in [2.45, 2.75) is 12.5 Å². The Bertz CT molecular complexity index is 436. The predicted molar refractivity (Wildman–Crippen MR) is 68.1 cm³/mol. The van der Waals surface area contributed by atoms with Crippen LogP contribution in [0.3, 0.4) is 0 Å². The molecule has 1 rings (SSSR count).